The number of hydrogen-bond donors (Lipinski definition) is 1. The summed E-state index contributed by atoms with van der Waals surface area (Å²) in [6, 6.07) is 0. The maximum atomic E-state index is 11.9. The Morgan fingerprint density at radius 2 is 2.10 bits per heavy atom. The van der Waals surface area contributed by atoms with Crippen LogP contribution in [-0.2, 0) is 4.74 Å². The fourth-order valence-corrected chi connectivity index (χ4v) is 5.00. The third-order valence-corrected chi connectivity index (χ3v) is 5.57. The van der Waals surface area contributed by atoms with Crippen LogP contribution in [0.4, 0.5) is 4.79 Å². The van der Waals surface area contributed by atoms with Crippen molar-refractivity contribution in [2.75, 3.05) is 6.61 Å². The van der Waals surface area contributed by atoms with Gasteiger partial charge >= 0.3 is 6.09 Å². The van der Waals surface area contributed by atoms with Gasteiger partial charge in [-0.15, -0.1) is 0 Å². The number of imidazole rings is 1. The molecule has 5 heteroatoms. The van der Waals surface area contributed by atoms with Crippen LogP contribution in [0.1, 0.15) is 32.1 Å². The summed E-state index contributed by atoms with van der Waals surface area (Å²) in [5, 5.41) is 10.2. The predicted molar refractivity (Wildman–Crippen MR) is 71.0 cm³/mol. The standard InChI is InChI=1S/C15H20N2O3/c18-13-11-3-10-4-12(13)7-15(5-10,6-11)8-20-14(19)17-2-1-16-9-17/h1-2,9-13,18H,3-8H2. The average Bonchev–Trinajstić information content (AvgIpc) is 2.95. The number of aliphatic hydroxyl groups excluding tert-OH is 1. The summed E-state index contributed by atoms with van der Waals surface area (Å²) in [5.74, 6) is 1.57. The second-order valence-electron chi connectivity index (χ2n) is 6.99. The third-order valence-electron chi connectivity index (χ3n) is 5.57. The highest BCUT2D eigenvalue weighted by molar-refractivity contribution is 5.69. The van der Waals surface area contributed by atoms with Crippen molar-refractivity contribution < 1.29 is 14.6 Å². The van der Waals surface area contributed by atoms with Gasteiger partial charge in [0.15, 0.2) is 0 Å². The topological polar surface area (TPSA) is 64.3 Å². The fourth-order valence-electron chi connectivity index (χ4n) is 5.00. The van der Waals surface area contributed by atoms with Crippen molar-refractivity contribution in [1.29, 1.82) is 0 Å². The highest BCUT2D eigenvalue weighted by Crippen LogP contribution is 2.60. The largest absolute Gasteiger partial charge is 0.448 e. The van der Waals surface area contributed by atoms with Crippen LogP contribution in [0.15, 0.2) is 18.7 Å². The molecular formula is C15H20N2O3. The molecule has 4 fully saturated rings. The number of carbonyl (C=O) groups excluding carboxylic acids is 1. The van der Waals surface area contributed by atoms with Crippen molar-refractivity contribution in [2.24, 2.45) is 23.2 Å². The Morgan fingerprint density at radius 1 is 1.35 bits per heavy atom. The molecule has 20 heavy (non-hydrogen) atoms. The molecule has 4 bridgehead atoms. The van der Waals surface area contributed by atoms with Crippen LogP contribution >= 0.6 is 0 Å². The lowest BCUT2D eigenvalue weighted by Gasteiger charge is -2.58. The average molecular weight is 276 g/mol. The molecule has 5 rings (SSSR count). The molecule has 108 valence electrons. The third kappa shape index (κ3) is 1.87. The van der Waals surface area contributed by atoms with Crippen LogP contribution in [0.25, 0.3) is 0 Å². The van der Waals surface area contributed by atoms with Crippen LogP contribution in [0.5, 0.6) is 0 Å². The van der Waals surface area contributed by atoms with E-state index in [4.69, 9.17) is 4.74 Å². The molecule has 5 nitrogen and oxygen atoms in total. The van der Waals surface area contributed by atoms with E-state index in [0.717, 1.165) is 38.0 Å². The zero-order valence-electron chi connectivity index (χ0n) is 11.4. The van der Waals surface area contributed by atoms with E-state index in [1.165, 1.54) is 10.9 Å². The summed E-state index contributed by atoms with van der Waals surface area (Å²) < 4.78 is 6.88. The van der Waals surface area contributed by atoms with E-state index in [1.807, 2.05) is 0 Å². The molecular weight excluding hydrogens is 256 g/mol. The van der Waals surface area contributed by atoms with Gasteiger partial charge in [-0.05, 0) is 49.9 Å². The molecule has 0 saturated heterocycles. The van der Waals surface area contributed by atoms with Gasteiger partial charge in [0.1, 0.15) is 6.33 Å². The predicted octanol–water partition coefficient (Wildman–Crippen LogP) is 2.05. The molecule has 2 atom stereocenters. The molecule has 4 saturated carbocycles. The molecule has 1 aromatic heterocycles. The number of hydrogen-bond acceptors (Lipinski definition) is 4. The number of ether oxygens (including phenoxy) is 1. The second-order valence-corrected chi connectivity index (χ2v) is 6.99. The minimum Gasteiger partial charge on any atom is -0.448 e. The van der Waals surface area contributed by atoms with Crippen molar-refractivity contribution in [3.05, 3.63) is 18.7 Å². The Labute approximate surface area is 118 Å². The van der Waals surface area contributed by atoms with Crippen LogP contribution in [0.3, 0.4) is 0 Å². The summed E-state index contributed by atoms with van der Waals surface area (Å²) >= 11 is 0. The van der Waals surface area contributed by atoms with Crippen molar-refractivity contribution in [3.63, 3.8) is 0 Å². The van der Waals surface area contributed by atoms with E-state index in [9.17, 15) is 9.90 Å². The lowest BCUT2D eigenvalue weighted by molar-refractivity contribution is -0.148. The van der Waals surface area contributed by atoms with Gasteiger partial charge in [-0.2, -0.15) is 0 Å². The van der Waals surface area contributed by atoms with Gasteiger partial charge in [0.05, 0.1) is 12.7 Å². The SMILES string of the molecule is O=C(OCC12CC3CC(C1)C(O)C(C3)C2)n1ccnc1. The summed E-state index contributed by atoms with van der Waals surface area (Å²) in [4.78, 5) is 15.8. The van der Waals surface area contributed by atoms with E-state index in [1.54, 1.807) is 12.4 Å². The molecule has 1 N–H and O–H groups in total. The van der Waals surface area contributed by atoms with E-state index < -0.39 is 0 Å². The number of nitrogens with zero attached hydrogens (tertiary/aromatic N) is 2. The molecule has 4 aliphatic rings. The Kier molecular flexibility index (Phi) is 2.67. The molecule has 2 unspecified atom stereocenters. The summed E-state index contributed by atoms with van der Waals surface area (Å²) in [6.45, 7) is 0.486. The van der Waals surface area contributed by atoms with Crippen LogP contribution < -0.4 is 0 Å². The van der Waals surface area contributed by atoms with E-state index >= 15 is 0 Å². The Morgan fingerprint density at radius 3 is 2.75 bits per heavy atom. The van der Waals surface area contributed by atoms with Gasteiger partial charge < -0.3 is 9.84 Å². The zero-order chi connectivity index (χ0) is 13.7. The smallest absolute Gasteiger partial charge is 0.419 e. The second kappa shape index (κ2) is 4.32. The van der Waals surface area contributed by atoms with E-state index in [0.29, 0.717) is 18.4 Å². The van der Waals surface area contributed by atoms with Gasteiger partial charge in [0.2, 0.25) is 0 Å². The highest BCUT2D eigenvalue weighted by atomic mass is 16.5. The molecule has 0 radical (unpaired) electrons. The summed E-state index contributed by atoms with van der Waals surface area (Å²) in [5.41, 5.74) is 0.117. The van der Waals surface area contributed by atoms with Gasteiger partial charge in [-0.1, -0.05) is 0 Å². The first kappa shape index (κ1) is 12.4. The normalized spacial score (nSPS) is 41.9. The Hall–Kier alpha value is -1.36. The molecule has 0 spiro atoms. The number of rotatable bonds is 2. The fraction of sp³-hybridized carbons (Fsp3) is 0.733. The van der Waals surface area contributed by atoms with Gasteiger partial charge in [-0.3, -0.25) is 0 Å². The molecule has 0 aromatic carbocycles. The minimum absolute atomic E-state index is 0.117. The van der Waals surface area contributed by atoms with Crippen molar-refractivity contribution in [3.8, 4) is 0 Å². The van der Waals surface area contributed by atoms with Gasteiger partial charge in [-0.25, -0.2) is 14.3 Å². The first-order valence-electron chi connectivity index (χ1n) is 7.48. The van der Waals surface area contributed by atoms with Crippen molar-refractivity contribution in [2.45, 2.75) is 38.2 Å². The molecule has 0 amide bonds. The molecule has 0 aliphatic heterocycles. The lowest BCUT2D eigenvalue weighted by Crippen LogP contribution is -2.55. The number of aromatic nitrogens is 2. The van der Waals surface area contributed by atoms with E-state index in [-0.39, 0.29) is 17.6 Å². The molecule has 1 aromatic rings. The maximum absolute atomic E-state index is 11.9. The summed E-state index contributed by atoms with van der Waals surface area (Å²) in [6.07, 6.45) is 9.67. The summed E-state index contributed by atoms with van der Waals surface area (Å²) in [7, 11) is 0. The lowest BCUT2D eigenvalue weighted by atomic mass is 9.49. The van der Waals surface area contributed by atoms with Crippen LogP contribution in [-0.4, -0.2) is 33.5 Å². The molecule has 4 aliphatic carbocycles. The van der Waals surface area contributed by atoms with Crippen LogP contribution in [0.2, 0.25) is 0 Å². The Bertz CT molecular complexity index is 497. The van der Waals surface area contributed by atoms with Crippen molar-refractivity contribution in [1.82, 2.24) is 9.55 Å². The van der Waals surface area contributed by atoms with Gasteiger partial charge in [0, 0.05) is 17.8 Å². The monoisotopic (exact) mass is 276 g/mol. The molecule has 1 heterocycles. The highest BCUT2D eigenvalue weighted by Gasteiger charge is 2.55. The zero-order valence-corrected chi connectivity index (χ0v) is 11.4. The van der Waals surface area contributed by atoms with Crippen molar-refractivity contribution >= 4 is 6.09 Å². The number of aliphatic hydroxyl groups is 1. The maximum Gasteiger partial charge on any atom is 0.419 e. The minimum atomic E-state index is -0.348. The first-order valence-corrected chi connectivity index (χ1v) is 7.48. The quantitative estimate of drug-likeness (QED) is 0.898. The Balaban J connectivity index is 1.45. The van der Waals surface area contributed by atoms with E-state index in [2.05, 4.69) is 4.98 Å². The van der Waals surface area contributed by atoms with Crippen LogP contribution in [0, 0.1) is 23.2 Å². The first-order chi connectivity index (χ1) is 9.65. The number of carbonyl (C=O) groups is 1. The van der Waals surface area contributed by atoms with Gasteiger partial charge in [0.25, 0.3) is 0 Å².